The summed E-state index contributed by atoms with van der Waals surface area (Å²) in [5.41, 5.74) is 1.60. The van der Waals surface area contributed by atoms with Crippen molar-refractivity contribution in [1.29, 1.82) is 0 Å². The normalized spacial score (nSPS) is 12.2. The number of nitrogens with zero attached hydrogens (tertiary/aromatic N) is 2. The maximum absolute atomic E-state index is 11.9. The van der Waals surface area contributed by atoms with Crippen molar-refractivity contribution in [2.75, 3.05) is 7.05 Å². The fourth-order valence-corrected chi connectivity index (χ4v) is 2.74. The molecule has 0 atom stereocenters. The number of nitrogens with one attached hydrogen (secondary N) is 1. The average Bonchev–Trinajstić information content (AvgIpc) is 2.70. The molecule has 2 aromatic rings. The van der Waals surface area contributed by atoms with E-state index in [1.54, 1.807) is 6.07 Å². The van der Waals surface area contributed by atoms with E-state index < -0.39 is 10.0 Å². The van der Waals surface area contributed by atoms with Crippen molar-refractivity contribution in [2.45, 2.75) is 25.3 Å². The molecule has 5 nitrogen and oxygen atoms in total. The molecule has 2 rings (SSSR count). The Balaban J connectivity index is 2.89. The van der Waals surface area contributed by atoms with E-state index in [-0.39, 0.29) is 5.03 Å². The molecule has 0 aromatic carbocycles. The number of imidazole rings is 1. The first-order valence-corrected chi connectivity index (χ1v) is 6.90. The van der Waals surface area contributed by atoms with Crippen LogP contribution < -0.4 is 4.72 Å². The van der Waals surface area contributed by atoms with Crippen molar-refractivity contribution in [3.8, 4) is 0 Å². The van der Waals surface area contributed by atoms with Crippen molar-refractivity contribution in [1.82, 2.24) is 14.1 Å². The third kappa shape index (κ3) is 1.83. The Morgan fingerprint density at radius 3 is 2.71 bits per heavy atom. The molecule has 0 amide bonds. The van der Waals surface area contributed by atoms with Crippen molar-refractivity contribution < 1.29 is 8.42 Å². The van der Waals surface area contributed by atoms with Gasteiger partial charge in [0.05, 0.1) is 5.52 Å². The summed E-state index contributed by atoms with van der Waals surface area (Å²) in [6, 6.07) is 5.54. The number of aryl methyl sites for hydroxylation is 2. The highest BCUT2D eigenvalue weighted by molar-refractivity contribution is 7.89. The van der Waals surface area contributed by atoms with E-state index in [9.17, 15) is 8.42 Å². The van der Waals surface area contributed by atoms with E-state index in [1.807, 2.05) is 30.4 Å². The van der Waals surface area contributed by atoms with Crippen LogP contribution in [-0.4, -0.2) is 24.9 Å². The fraction of sp³-hybridized carbons (Fsp3) is 0.364. The van der Waals surface area contributed by atoms with E-state index >= 15 is 0 Å². The van der Waals surface area contributed by atoms with Crippen LogP contribution in [0.25, 0.3) is 5.52 Å². The van der Waals surface area contributed by atoms with Crippen LogP contribution in [0.5, 0.6) is 0 Å². The van der Waals surface area contributed by atoms with Gasteiger partial charge in [-0.25, -0.2) is 18.1 Å². The Kier molecular flexibility index (Phi) is 2.92. The zero-order chi connectivity index (χ0) is 12.6. The zero-order valence-electron chi connectivity index (χ0n) is 10.1. The Bertz CT molecular complexity index is 659. The third-order valence-electron chi connectivity index (χ3n) is 2.73. The molecule has 0 spiro atoms. The van der Waals surface area contributed by atoms with Gasteiger partial charge in [0, 0.05) is 12.1 Å². The first-order valence-electron chi connectivity index (χ1n) is 5.41. The minimum absolute atomic E-state index is 0.0977. The van der Waals surface area contributed by atoms with Crippen molar-refractivity contribution in [3.05, 3.63) is 29.7 Å². The zero-order valence-corrected chi connectivity index (χ0v) is 10.9. The maximum atomic E-state index is 11.9. The van der Waals surface area contributed by atoms with Gasteiger partial charge in [-0.3, -0.25) is 4.40 Å². The third-order valence-corrected chi connectivity index (χ3v) is 4.08. The van der Waals surface area contributed by atoms with Crippen LogP contribution in [0.4, 0.5) is 0 Å². The van der Waals surface area contributed by atoms with Crippen molar-refractivity contribution >= 4 is 15.5 Å². The highest BCUT2D eigenvalue weighted by Crippen LogP contribution is 2.20. The monoisotopic (exact) mass is 253 g/mol. The minimum Gasteiger partial charge on any atom is -0.300 e. The standard InChI is InChI=1S/C11H15N3O2S/c1-4-10-13-11(17(15,16)12-3)9-7-5-6-8(2)14(9)10/h5-7,12H,4H2,1-3H3. The SMILES string of the molecule is CCc1nc(S(=O)(=O)NC)c2cccc(C)n12. The topological polar surface area (TPSA) is 63.5 Å². The molecule has 0 bridgehead atoms. The van der Waals surface area contributed by atoms with E-state index in [2.05, 4.69) is 9.71 Å². The Labute approximate surface area is 101 Å². The van der Waals surface area contributed by atoms with Gasteiger partial charge in [-0.15, -0.1) is 0 Å². The Morgan fingerprint density at radius 2 is 2.12 bits per heavy atom. The summed E-state index contributed by atoms with van der Waals surface area (Å²) in [4.78, 5) is 4.22. The summed E-state index contributed by atoms with van der Waals surface area (Å²) in [6.45, 7) is 3.89. The lowest BCUT2D eigenvalue weighted by atomic mass is 10.3. The first-order chi connectivity index (χ1) is 8.01. The molecule has 1 N–H and O–H groups in total. The smallest absolute Gasteiger partial charge is 0.259 e. The molecule has 0 saturated heterocycles. The summed E-state index contributed by atoms with van der Waals surface area (Å²) in [5.74, 6) is 0.756. The Morgan fingerprint density at radius 1 is 1.41 bits per heavy atom. The van der Waals surface area contributed by atoms with E-state index in [0.29, 0.717) is 11.9 Å². The van der Waals surface area contributed by atoms with Crippen molar-refractivity contribution in [3.63, 3.8) is 0 Å². The van der Waals surface area contributed by atoms with Gasteiger partial charge in [-0.1, -0.05) is 13.0 Å². The predicted octanol–water partition coefficient (Wildman–Crippen LogP) is 1.11. The van der Waals surface area contributed by atoms with Gasteiger partial charge >= 0.3 is 0 Å². The second-order valence-corrected chi connectivity index (χ2v) is 5.58. The highest BCUT2D eigenvalue weighted by Gasteiger charge is 2.21. The van der Waals surface area contributed by atoms with E-state index in [4.69, 9.17) is 0 Å². The van der Waals surface area contributed by atoms with E-state index in [1.165, 1.54) is 7.05 Å². The van der Waals surface area contributed by atoms with Crippen molar-refractivity contribution in [2.24, 2.45) is 0 Å². The number of rotatable bonds is 3. The summed E-state index contributed by atoms with van der Waals surface area (Å²) in [5, 5.41) is 0.0977. The van der Waals surface area contributed by atoms with Crippen LogP contribution in [0.2, 0.25) is 0 Å². The molecule has 2 aromatic heterocycles. The molecule has 0 fully saturated rings. The summed E-state index contributed by atoms with van der Waals surface area (Å²) in [7, 11) is -2.12. The molecule has 2 heterocycles. The molecule has 6 heteroatoms. The number of hydrogen-bond donors (Lipinski definition) is 1. The Hall–Kier alpha value is -1.40. The number of pyridine rings is 1. The van der Waals surface area contributed by atoms with Gasteiger partial charge in [0.25, 0.3) is 10.0 Å². The second-order valence-electron chi connectivity index (χ2n) is 3.78. The lowest BCUT2D eigenvalue weighted by molar-refractivity contribution is 0.586. The second kappa shape index (κ2) is 4.12. The van der Waals surface area contributed by atoms with E-state index in [0.717, 1.165) is 11.5 Å². The van der Waals surface area contributed by atoms with Crippen LogP contribution in [0.15, 0.2) is 23.2 Å². The number of fused-ring (bicyclic) bond motifs is 1. The van der Waals surface area contributed by atoms with Gasteiger partial charge in [0.2, 0.25) is 0 Å². The summed E-state index contributed by atoms with van der Waals surface area (Å²) in [6.07, 6.45) is 0.686. The van der Waals surface area contributed by atoms with Crippen LogP contribution >= 0.6 is 0 Å². The van der Waals surface area contributed by atoms with Crippen LogP contribution in [-0.2, 0) is 16.4 Å². The molecular weight excluding hydrogens is 238 g/mol. The van der Waals surface area contributed by atoms with Gasteiger partial charge in [0.1, 0.15) is 5.82 Å². The van der Waals surface area contributed by atoms with Gasteiger partial charge < -0.3 is 0 Å². The van der Waals surface area contributed by atoms with Crippen LogP contribution in [0.3, 0.4) is 0 Å². The lowest BCUT2D eigenvalue weighted by Gasteiger charge is -2.03. The largest absolute Gasteiger partial charge is 0.300 e. The van der Waals surface area contributed by atoms with Crippen LogP contribution in [0.1, 0.15) is 18.4 Å². The predicted molar refractivity (Wildman–Crippen MR) is 65.6 cm³/mol. The van der Waals surface area contributed by atoms with Gasteiger partial charge in [-0.2, -0.15) is 0 Å². The highest BCUT2D eigenvalue weighted by atomic mass is 32.2. The van der Waals surface area contributed by atoms with Crippen LogP contribution in [0, 0.1) is 6.92 Å². The molecule has 0 aliphatic rings. The minimum atomic E-state index is -3.51. The average molecular weight is 253 g/mol. The molecule has 0 saturated carbocycles. The first kappa shape index (κ1) is 12.1. The lowest BCUT2D eigenvalue weighted by Crippen LogP contribution is -2.19. The number of aromatic nitrogens is 2. The quantitative estimate of drug-likeness (QED) is 0.891. The molecule has 0 radical (unpaired) electrons. The molecule has 0 aliphatic heterocycles. The molecule has 0 aliphatic carbocycles. The number of sulfonamides is 1. The van der Waals surface area contributed by atoms with Gasteiger partial charge in [0.15, 0.2) is 5.03 Å². The van der Waals surface area contributed by atoms with Gasteiger partial charge in [-0.05, 0) is 26.1 Å². The maximum Gasteiger partial charge on any atom is 0.259 e. The fourth-order valence-electron chi connectivity index (χ4n) is 1.88. The molecular formula is C11H15N3O2S. The molecule has 0 unspecified atom stereocenters. The number of hydrogen-bond acceptors (Lipinski definition) is 3. The molecule has 17 heavy (non-hydrogen) atoms. The summed E-state index contributed by atoms with van der Waals surface area (Å²) >= 11 is 0. The summed E-state index contributed by atoms with van der Waals surface area (Å²) < 4.78 is 27.9. The molecule has 92 valence electrons.